The van der Waals surface area contributed by atoms with E-state index in [0.29, 0.717) is 4.57 Å². The molecule has 4 rings (SSSR count). The third-order valence-corrected chi connectivity index (χ3v) is 3.35. The molecule has 1 atom stereocenters. The second-order valence-electron chi connectivity index (χ2n) is 4.60. The van der Waals surface area contributed by atoms with E-state index in [-0.39, 0.29) is 4.57 Å². The Morgan fingerprint density at radius 2 is 2.45 bits per heavy atom. The van der Waals surface area contributed by atoms with Crippen LogP contribution in [0.2, 0.25) is 0 Å². The van der Waals surface area contributed by atoms with Crippen molar-refractivity contribution in [1.29, 1.82) is 0 Å². The minimum atomic E-state index is -3.52. The van der Waals surface area contributed by atoms with E-state index in [0.717, 1.165) is 12.4 Å². The fourth-order valence-corrected chi connectivity index (χ4v) is 2.34. The SMILES string of the molecule is [2H]c1c([2H])c([2H])c2c(c1[2H])c1c(n2C([2H])([2H])[2H])C([2H])([2H])C([2H])([2H])C(C([2H])([2H])n2ccnc2C([2H])([2H])[2H])C1=O. The summed E-state index contributed by atoms with van der Waals surface area (Å²) in [5.74, 6) is -5.00. The Bertz CT molecular complexity index is 1490. The molecule has 1 aromatic carbocycles. The van der Waals surface area contributed by atoms with E-state index in [4.69, 9.17) is 21.9 Å². The number of fused-ring (bicyclic) bond motifs is 3. The van der Waals surface area contributed by atoms with Crippen molar-refractivity contribution < 1.29 is 26.7 Å². The summed E-state index contributed by atoms with van der Waals surface area (Å²) in [4.78, 5) is 17.6. The zero-order chi connectivity index (χ0) is 29.1. The molecule has 0 bridgehead atoms. The molecule has 0 N–H and O–H groups in total. The number of carbonyl (C=O) groups excluding carboxylic acids is 1. The van der Waals surface area contributed by atoms with E-state index in [1.54, 1.807) is 0 Å². The van der Waals surface area contributed by atoms with Crippen LogP contribution in [0.15, 0.2) is 36.6 Å². The quantitative estimate of drug-likeness (QED) is 0.729. The average molecular weight is 309 g/mol. The van der Waals surface area contributed by atoms with Crippen LogP contribution in [0.3, 0.4) is 0 Å². The number of para-hydroxylation sites is 1. The zero-order valence-electron chi connectivity index (χ0n) is 27.0. The smallest absolute Gasteiger partial charge is 0.170 e. The van der Waals surface area contributed by atoms with E-state index in [1.165, 1.54) is 0 Å². The van der Waals surface area contributed by atoms with Crippen LogP contribution >= 0.6 is 0 Å². The molecular formula is C18H19N3O. The highest BCUT2D eigenvalue weighted by Crippen LogP contribution is 2.34. The molecule has 0 saturated heterocycles. The molecule has 2 aromatic heterocycles. The molecule has 4 heteroatoms. The summed E-state index contributed by atoms with van der Waals surface area (Å²) in [6.07, 6.45) is -5.24. The van der Waals surface area contributed by atoms with Gasteiger partial charge in [-0.3, -0.25) is 4.79 Å². The Hall–Kier alpha value is -2.36. The van der Waals surface area contributed by atoms with Gasteiger partial charge in [0.2, 0.25) is 0 Å². The fourth-order valence-electron chi connectivity index (χ4n) is 2.34. The predicted molar refractivity (Wildman–Crippen MR) is 86.0 cm³/mol. The van der Waals surface area contributed by atoms with Gasteiger partial charge >= 0.3 is 0 Å². The highest BCUT2D eigenvalue weighted by atomic mass is 16.1. The van der Waals surface area contributed by atoms with Gasteiger partial charge in [0.25, 0.3) is 0 Å². The molecule has 0 spiro atoms. The van der Waals surface area contributed by atoms with Gasteiger partial charge in [-0.15, -0.1) is 0 Å². The van der Waals surface area contributed by atoms with Crippen molar-refractivity contribution in [2.24, 2.45) is 12.9 Å². The highest BCUT2D eigenvalue weighted by molar-refractivity contribution is 6.11. The van der Waals surface area contributed by atoms with Gasteiger partial charge in [-0.1, -0.05) is 18.1 Å². The number of hydrogen-bond acceptors (Lipinski definition) is 2. The molecular weight excluding hydrogens is 274 g/mol. The lowest BCUT2D eigenvalue weighted by atomic mass is 9.85. The standard InChI is InChI=1S/C18H19N3O/c1-12-19-9-10-21(12)11-13-7-8-16-17(18(13)22)14-5-3-4-6-15(14)20(16)2/h3-6,9-10,13H,7-8,11H2,1-2H3/i1D3,2D3,3D,4D,5D,6D,7D2,8D2,11D2. The van der Waals surface area contributed by atoms with Gasteiger partial charge in [0.1, 0.15) is 5.82 Å². The van der Waals surface area contributed by atoms with Crippen LogP contribution in [0.5, 0.6) is 0 Å². The topological polar surface area (TPSA) is 39.8 Å². The van der Waals surface area contributed by atoms with Crippen LogP contribution in [0, 0.1) is 12.8 Å². The summed E-state index contributed by atoms with van der Waals surface area (Å²) in [5.41, 5.74) is -2.79. The van der Waals surface area contributed by atoms with Crippen LogP contribution in [-0.4, -0.2) is 19.9 Å². The van der Waals surface area contributed by atoms with Gasteiger partial charge in [-0.25, -0.2) is 4.98 Å². The summed E-state index contributed by atoms with van der Waals surface area (Å²) >= 11 is 0. The first-order chi connectivity index (χ1) is 17.0. The second-order valence-corrected chi connectivity index (χ2v) is 4.60. The number of aromatic nitrogens is 3. The Balaban J connectivity index is 2.20. The Labute approximate surface area is 151 Å². The molecule has 2 heterocycles. The zero-order valence-corrected chi connectivity index (χ0v) is 11.0. The largest absolute Gasteiger partial charge is 0.347 e. The number of carbonyl (C=O) groups is 1. The molecule has 0 amide bonds. The Morgan fingerprint density at radius 1 is 1.55 bits per heavy atom. The summed E-state index contributed by atoms with van der Waals surface area (Å²) in [6, 6.07) is -3.59. The van der Waals surface area contributed by atoms with E-state index >= 15 is 0 Å². The van der Waals surface area contributed by atoms with Gasteiger partial charge in [0, 0.05) is 67.7 Å². The monoisotopic (exact) mass is 309 g/mol. The summed E-state index contributed by atoms with van der Waals surface area (Å²) in [6.45, 7) is -9.65. The maximum Gasteiger partial charge on any atom is 0.170 e. The van der Waals surface area contributed by atoms with Crippen LogP contribution in [-0.2, 0) is 19.8 Å². The average Bonchev–Trinajstić information content (AvgIpc) is 3.38. The number of aryl methyl sites for hydroxylation is 2. The molecule has 0 radical (unpaired) electrons. The number of ketones is 1. The summed E-state index contributed by atoms with van der Waals surface area (Å²) in [7, 11) is 0. The Morgan fingerprint density at radius 3 is 3.32 bits per heavy atom. The molecule has 0 saturated carbocycles. The van der Waals surface area contributed by atoms with Crippen LogP contribution in [0.1, 0.15) is 50.2 Å². The van der Waals surface area contributed by atoms with Crippen molar-refractivity contribution >= 4 is 16.7 Å². The van der Waals surface area contributed by atoms with Gasteiger partial charge < -0.3 is 9.13 Å². The summed E-state index contributed by atoms with van der Waals surface area (Å²) < 4.78 is 132. The third-order valence-electron chi connectivity index (χ3n) is 3.35. The molecule has 22 heavy (non-hydrogen) atoms. The van der Waals surface area contributed by atoms with Crippen molar-refractivity contribution in [3.63, 3.8) is 0 Å². The lowest BCUT2D eigenvalue weighted by molar-refractivity contribution is 0.0888. The predicted octanol–water partition coefficient (Wildman–Crippen LogP) is 3.13. The van der Waals surface area contributed by atoms with Crippen molar-refractivity contribution in [2.75, 3.05) is 0 Å². The van der Waals surface area contributed by atoms with Crippen molar-refractivity contribution in [3.8, 4) is 0 Å². The van der Waals surface area contributed by atoms with E-state index in [2.05, 4.69) is 4.98 Å². The first kappa shape index (κ1) is 4.57. The molecule has 1 unspecified atom stereocenters. The highest BCUT2D eigenvalue weighted by Gasteiger charge is 2.32. The van der Waals surface area contributed by atoms with Gasteiger partial charge in [0.15, 0.2) is 5.78 Å². The van der Waals surface area contributed by atoms with Crippen molar-refractivity contribution in [3.05, 3.63) is 53.6 Å². The molecule has 112 valence electrons. The number of nitrogens with zero attached hydrogens (tertiary/aromatic N) is 3. The third kappa shape index (κ3) is 1.83. The maximum atomic E-state index is 14.0. The van der Waals surface area contributed by atoms with Gasteiger partial charge in [-0.05, 0) is 25.6 Å². The van der Waals surface area contributed by atoms with Crippen molar-refractivity contribution in [2.45, 2.75) is 26.1 Å². The summed E-state index contributed by atoms with van der Waals surface area (Å²) in [5, 5.41) is -0.714. The first-order valence-corrected chi connectivity index (χ1v) is 6.26. The van der Waals surface area contributed by atoms with Crippen LogP contribution in [0.25, 0.3) is 10.9 Å². The van der Waals surface area contributed by atoms with Crippen LogP contribution < -0.4 is 0 Å². The minimum Gasteiger partial charge on any atom is -0.347 e. The molecule has 0 aliphatic heterocycles. The van der Waals surface area contributed by atoms with Crippen molar-refractivity contribution in [1.82, 2.24) is 14.1 Å². The normalized spacial score (nSPS) is 34.9. The molecule has 1 aliphatic carbocycles. The number of benzene rings is 1. The lowest BCUT2D eigenvalue weighted by Gasteiger charge is -2.23. The first-order valence-electron chi connectivity index (χ1n) is 14.3. The molecule has 4 nitrogen and oxygen atoms in total. The number of Topliss-reactive ketones (excluding diaryl/α,β-unsaturated/α-hetero) is 1. The lowest BCUT2D eigenvalue weighted by Crippen LogP contribution is -2.27. The maximum absolute atomic E-state index is 14.0. The minimum absolute atomic E-state index is 0.183. The Kier molecular flexibility index (Phi) is 1.00. The number of hydrogen-bond donors (Lipinski definition) is 0. The van der Waals surface area contributed by atoms with Crippen LogP contribution in [0.4, 0.5) is 0 Å². The second kappa shape index (κ2) is 4.83. The molecule has 1 aliphatic rings. The van der Waals surface area contributed by atoms with E-state index in [9.17, 15) is 4.79 Å². The molecule has 0 fully saturated rings. The van der Waals surface area contributed by atoms with Gasteiger partial charge in [-0.2, -0.15) is 0 Å². The van der Waals surface area contributed by atoms with E-state index in [1.807, 2.05) is 0 Å². The van der Waals surface area contributed by atoms with Gasteiger partial charge in [0.05, 0.1) is 8.22 Å². The molecule has 3 aromatic rings. The van der Waals surface area contributed by atoms with E-state index < -0.39 is 96.9 Å². The number of rotatable bonds is 2. The fraction of sp³-hybridized carbons (Fsp3) is 0.333. The number of imidazole rings is 1.